The Bertz CT molecular complexity index is 7190. The summed E-state index contributed by atoms with van der Waals surface area (Å²) in [5.41, 5.74) is 24.5. The van der Waals surface area contributed by atoms with Crippen LogP contribution in [0.5, 0.6) is 0 Å². The van der Waals surface area contributed by atoms with Gasteiger partial charge in [-0.2, -0.15) is 0 Å². The molecule has 0 aliphatic carbocycles. The van der Waals surface area contributed by atoms with Gasteiger partial charge in [-0.15, -0.1) is 287 Å². The van der Waals surface area contributed by atoms with Crippen LogP contribution in [0.3, 0.4) is 0 Å². The Morgan fingerprint density at radius 1 is 0.224 bits per heavy atom. The largest absolute Gasteiger partial charge is 0.304 e. The van der Waals surface area contributed by atoms with Gasteiger partial charge in [0.1, 0.15) is 0 Å². The van der Waals surface area contributed by atoms with E-state index >= 15 is 0 Å². The summed E-state index contributed by atoms with van der Waals surface area (Å²) in [6, 6.07) is 145. The molecule has 0 bridgehead atoms. The van der Waals surface area contributed by atoms with Crippen LogP contribution in [0, 0.1) is 89.7 Å². The van der Waals surface area contributed by atoms with Crippen LogP contribution >= 0.6 is 0 Å². The van der Waals surface area contributed by atoms with Gasteiger partial charge in [0.25, 0.3) is 0 Å². The molecule has 0 saturated carbocycles. The molecule has 12 heteroatoms. The number of rotatable bonds is 14. The molecule has 20 aromatic rings. The quantitative estimate of drug-likeness (QED) is 0.0992. The van der Waals surface area contributed by atoms with Crippen LogP contribution in [0.1, 0.15) is 85.7 Å². The van der Waals surface area contributed by atoms with E-state index in [0.29, 0.717) is 33.6 Å². The number of hydrogen-bond donors (Lipinski definition) is 0. The number of pyridine rings is 8. The minimum absolute atomic E-state index is 0. The Morgan fingerprint density at radius 3 is 0.679 bits per heavy atom. The van der Waals surface area contributed by atoms with E-state index in [2.05, 4.69) is 151 Å². The molecular weight excluding hydrogens is 2350 g/mol. The van der Waals surface area contributed by atoms with Crippen LogP contribution < -0.4 is 0 Å². The molecule has 0 N–H and O–H groups in total. The van der Waals surface area contributed by atoms with Gasteiger partial charge in [-0.3, -0.25) is 0 Å². The van der Waals surface area contributed by atoms with Gasteiger partial charge in [-0.25, -0.2) is 0 Å². The van der Waals surface area contributed by atoms with E-state index in [1.54, 1.807) is 103 Å². The average molecular weight is 2470 g/mol. The van der Waals surface area contributed by atoms with Crippen molar-refractivity contribution in [3.8, 4) is 135 Å². The molecule has 8 heterocycles. The summed E-state index contributed by atoms with van der Waals surface area (Å²) in [7, 11) is 0. The van der Waals surface area contributed by atoms with Gasteiger partial charge >= 0.3 is 0 Å². The second kappa shape index (κ2) is 56.3. The van der Waals surface area contributed by atoms with Gasteiger partial charge in [0.15, 0.2) is 0 Å². The molecule has 672 valence electrons. The van der Waals surface area contributed by atoms with Crippen LogP contribution in [-0.4, -0.2) is 39.9 Å². The molecule has 0 aliphatic heterocycles. The van der Waals surface area contributed by atoms with E-state index in [0.717, 1.165) is 90.7 Å². The van der Waals surface area contributed by atoms with Gasteiger partial charge in [0.05, 0.1) is 0 Å². The zero-order valence-electron chi connectivity index (χ0n) is 92.7. The normalized spacial score (nSPS) is 12.8. The van der Waals surface area contributed by atoms with E-state index < -0.39 is 47.5 Å². The van der Waals surface area contributed by atoms with Gasteiger partial charge < -0.3 is 39.9 Å². The maximum Gasteiger partial charge on any atom is 0.0313 e. The van der Waals surface area contributed by atoms with E-state index in [-0.39, 0.29) is 108 Å². The zero-order valence-corrected chi connectivity index (χ0v) is 82.3. The molecule has 12 aromatic carbocycles. The Balaban J connectivity index is 0.000000195. The molecule has 0 saturated heterocycles. The predicted molar refractivity (Wildman–Crippen MR) is 537 cm³/mol. The molecule has 8 aromatic heterocycles. The molecule has 134 heavy (non-hydrogen) atoms. The van der Waals surface area contributed by atoms with Gasteiger partial charge in [0.2, 0.25) is 0 Å². The molecule has 0 unspecified atom stereocenters. The third-order valence-corrected chi connectivity index (χ3v) is 19.7. The maximum atomic E-state index is 8.23. The minimum Gasteiger partial charge on any atom is -0.304 e. The van der Waals surface area contributed by atoms with Crippen LogP contribution in [0.4, 0.5) is 0 Å². The van der Waals surface area contributed by atoms with Crippen molar-refractivity contribution in [2.24, 2.45) is 0 Å². The standard InChI is InChI=1S/2C19H16N.2C18H14N.4C12H10N.4Ir/c2*1-2-15-13-19(17-11-7-4-8-12-17)20-14-18(15)16-9-5-3-6-10-16;2*1-14-12-18(16-10-6-3-7-11-16)19-13-17(14)15-8-4-2-5-9-15;4*1-10-7-8-12(13-9-10)11-5-3-2-4-6-11;;;;/h2*3-11,13-14H,2H2,1H3;2*2-10,12-13H,1H3;4*2-5,7-9H,1H3;;;;/q8*-1;;;;/i1D3,2D2;;1D3;;4*1D3;;;;. The van der Waals surface area contributed by atoms with Crippen molar-refractivity contribution in [2.45, 2.75) is 67.8 Å². The molecule has 0 fully saturated rings. The first-order chi connectivity index (χ1) is 71.9. The predicted octanol–water partition coefficient (Wildman–Crippen LogP) is 30.0. The van der Waals surface area contributed by atoms with E-state index in [9.17, 15) is 0 Å². The van der Waals surface area contributed by atoms with Gasteiger partial charge in [0, 0.05) is 180 Å². The van der Waals surface area contributed by atoms with Crippen LogP contribution in [0.15, 0.2) is 438 Å². The molecule has 0 aliphatic rings. The molecule has 0 amide bonds. The zero-order chi connectivity index (χ0) is 107. The van der Waals surface area contributed by atoms with E-state index in [1.807, 2.05) is 249 Å². The van der Waals surface area contributed by atoms with Crippen LogP contribution in [0.25, 0.3) is 135 Å². The first-order valence-electron chi connectivity index (χ1n) is 51.7. The Labute approximate surface area is 874 Å². The monoisotopic (exact) mass is 2470 g/mol. The SMILES string of the molecule is CCc1cc(-c2[c-]cccc2)ncc1-c1ccccc1.Cc1cc(-c2[c-]cccc2)ncc1-c1ccccc1.[2H]C([2H])([2H])C([2H])([2H])c1cc(-c2[c-]cccc2)ncc1-c1ccccc1.[2H]C([2H])([2H])c1cc(-c2[c-]cccc2)ncc1-c1ccccc1.[2H]C([2H])([2H])c1ccc(-c2[c-]cccc2)nc1.[2H]C([2H])([2H])c1ccc(-c2[c-]cccc2)nc1.[2H]C([2H])([2H])c1ccc(-c2[c-]cccc2)nc1.[2H]C([2H])([2H])c1ccc(-c2[c-]cccc2)nc1.[Ir].[Ir].[Ir].[Ir]. The number of hydrogen-bond acceptors (Lipinski definition) is 8. The third kappa shape index (κ3) is 31.9. The van der Waals surface area contributed by atoms with Gasteiger partial charge in [-0.1, -0.05) is 208 Å². The summed E-state index contributed by atoms with van der Waals surface area (Å²) in [5, 5.41) is 0. The van der Waals surface area contributed by atoms with E-state index in [4.69, 9.17) is 27.4 Å². The smallest absolute Gasteiger partial charge is 0.0313 e. The second-order valence-corrected chi connectivity index (χ2v) is 28.7. The summed E-state index contributed by atoms with van der Waals surface area (Å²) in [6.45, 7) is -9.06. The fourth-order valence-corrected chi connectivity index (χ4v) is 13.1. The van der Waals surface area contributed by atoms with Crippen molar-refractivity contribution in [2.75, 3.05) is 0 Å². The Hall–Kier alpha value is -13.6. The molecular formula is C122H100Ir4N8-8. The summed E-state index contributed by atoms with van der Waals surface area (Å²) in [6.07, 6.45) is 11.1. The van der Waals surface area contributed by atoms with Crippen molar-refractivity contribution < 1.29 is 108 Å². The van der Waals surface area contributed by atoms with Crippen molar-refractivity contribution >= 4 is 0 Å². The fraction of sp³-hybridized carbons (Fsp3) is 0.0820. The van der Waals surface area contributed by atoms with Gasteiger partial charge in [-0.05, 0) is 166 Å². The summed E-state index contributed by atoms with van der Waals surface area (Å²) in [5.74, 6) is 0. The summed E-state index contributed by atoms with van der Waals surface area (Å²) < 4.78 is 150. The number of benzene rings is 12. The fourth-order valence-electron chi connectivity index (χ4n) is 13.1. The van der Waals surface area contributed by atoms with Crippen molar-refractivity contribution in [1.82, 2.24) is 39.9 Å². The third-order valence-electron chi connectivity index (χ3n) is 19.7. The number of aromatic nitrogens is 8. The average Bonchev–Trinajstić information content (AvgIpc) is 0.755. The molecule has 0 spiro atoms. The molecule has 20 rings (SSSR count). The van der Waals surface area contributed by atoms with Crippen molar-refractivity contribution in [3.05, 3.63) is 531 Å². The second-order valence-electron chi connectivity index (χ2n) is 28.7. The first kappa shape index (κ1) is 78.0. The van der Waals surface area contributed by atoms with Crippen molar-refractivity contribution in [3.63, 3.8) is 0 Å². The molecule has 4 radical (unpaired) electrons. The molecule has 0 atom stereocenters. The molecule has 8 nitrogen and oxygen atoms in total. The van der Waals surface area contributed by atoms with Crippen molar-refractivity contribution in [1.29, 1.82) is 0 Å². The number of aryl methyl sites for hydroxylation is 8. The number of nitrogens with zero attached hydrogens (tertiary/aromatic N) is 8. The minimum atomic E-state index is -2.80. The topological polar surface area (TPSA) is 103 Å². The Kier molecular flexibility index (Phi) is 32.8. The maximum absolute atomic E-state index is 8.23. The van der Waals surface area contributed by atoms with E-state index in [1.165, 1.54) is 70.4 Å². The summed E-state index contributed by atoms with van der Waals surface area (Å²) >= 11 is 0. The van der Waals surface area contributed by atoms with Crippen LogP contribution in [-0.2, 0) is 93.2 Å². The summed E-state index contributed by atoms with van der Waals surface area (Å²) in [4.78, 5) is 34.5. The Morgan fingerprint density at radius 2 is 0.448 bits per heavy atom. The van der Waals surface area contributed by atoms with Crippen LogP contribution in [0.2, 0.25) is 0 Å². The first-order valence-corrected chi connectivity index (χ1v) is 41.7.